The zero-order valence-electron chi connectivity index (χ0n) is 20.1. The van der Waals surface area contributed by atoms with Gasteiger partial charge in [-0.1, -0.05) is 58.0 Å². The van der Waals surface area contributed by atoms with Gasteiger partial charge in [-0.15, -0.1) is 0 Å². The first-order valence-electron chi connectivity index (χ1n) is 11.7. The summed E-state index contributed by atoms with van der Waals surface area (Å²) in [4.78, 5) is 28.1. The fraction of sp³-hybridized carbons (Fsp3) is 0.481. The highest BCUT2D eigenvalue weighted by Gasteiger charge is 2.23. The molecule has 1 fully saturated rings. The smallest absolute Gasteiger partial charge is 0.253 e. The highest BCUT2D eigenvalue weighted by molar-refractivity contribution is 6.02. The third-order valence-corrected chi connectivity index (χ3v) is 5.99. The minimum absolute atomic E-state index is 0.0407. The molecule has 2 amide bonds. The van der Waals surface area contributed by atoms with Crippen LogP contribution in [0.1, 0.15) is 75.8 Å². The summed E-state index contributed by atoms with van der Waals surface area (Å²) in [6.45, 7) is 12.3. The molecule has 1 heterocycles. The molecule has 1 aliphatic rings. The summed E-state index contributed by atoms with van der Waals surface area (Å²) in [5.74, 6) is 0.542. The van der Waals surface area contributed by atoms with Crippen LogP contribution in [-0.4, -0.2) is 24.9 Å². The van der Waals surface area contributed by atoms with Crippen LogP contribution in [0.25, 0.3) is 0 Å². The molecule has 1 saturated heterocycles. The number of carbonyl (C=O) groups is 2. The maximum absolute atomic E-state index is 13.4. The van der Waals surface area contributed by atoms with Crippen molar-refractivity contribution in [3.05, 3.63) is 59.7 Å². The van der Waals surface area contributed by atoms with Gasteiger partial charge in [0.15, 0.2) is 0 Å². The van der Waals surface area contributed by atoms with E-state index in [1.807, 2.05) is 76.2 Å². The molecule has 172 valence electrons. The summed E-state index contributed by atoms with van der Waals surface area (Å²) in [7, 11) is 0. The number of hydrogen-bond acceptors (Lipinski definition) is 3. The van der Waals surface area contributed by atoms with Gasteiger partial charge in [0.1, 0.15) is 0 Å². The van der Waals surface area contributed by atoms with Gasteiger partial charge in [0, 0.05) is 30.9 Å². The van der Waals surface area contributed by atoms with E-state index >= 15 is 0 Å². The van der Waals surface area contributed by atoms with Gasteiger partial charge >= 0.3 is 0 Å². The van der Waals surface area contributed by atoms with Crippen molar-refractivity contribution in [3.63, 3.8) is 0 Å². The van der Waals surface area contributed by atoms with Crippen molar-refractivity contribution < 1.29 is 9.59 Å². The first kappa shape index (κ1) is 23.8. The van der Waals surface area contributed by atoms with Crippen LogP contribution in [0.15, 0.2) is 48.5 Å². The van der Waals surface area contributed by atoms with Gasteiger partial charge in [0.25, 0.3) is 5.91 Å². The number of piperidine rings is 1. The van der Waals surface area contributed by atoms with Crippen molar-refractivity contribution in [1.29, 1.82) is 0 Å². The molecule has 0 radical (unpaired) electrons. The molecule has 2 aromatic carbocycles. The molecule has 5 nitrogen and oxygen atoms in total. The first-order valence-corrected chi connectivity index (χ1v) is 11.7. The maximum Gasteiger partial charge on any atom is 0.253 e. The van der Waals surface area contributed by atoms with Crippen molar-refractivity contribution in [3.8, 4) is 0 Å². The summed E-state index contributed by atoms with van der Waals surface area (Å²) in [6, 6.07) is 15.5. The monoisotopic (exact) mass is 435 g/mol. The van der Waals surface area contributed by atoms with Crippen molar-refractivity contribution >= 4 is 23.2 Å². The van der Waals surface area contributed by atoms with Gasteiger partial charge in [-0.05, 0) is 54.9 Å². The Hall–Kier alpha value is -2.82. The second-order valence-corrected chi connectivity index (χ2v) is 10.3. The molecule has 3 rings (SSSR count). The van der Waals surface area contributed by atoms with E-state index in [9.17, 15) is 9.59 Å². The molecule has 0 aliphatic carbocycles. The minimum atomic E-state index is -0.123. The summed E-state index contributed by atoms with van der Waals surface area (Å²) in [6.07, 6.45) is 2.66. The average Bonchev–Trinajstić information content (AvgIpc) is 2.73. The van der Waals surface area contributed by atoms with E-state index in [4.69, 9.17) is 0 Å². The molecular weight excluding hydrogens is 398 g/mol. The molecule has 2 N–H and O–H groups in total. The highest BCUT2D eigenvalue weighted by atomic mass is 16.2. The number of rotatable bonds is 6. The topological polar surface area (TPSA) is 61.4 Å². The van der Waals surface area contributed by atoms with E-state index in [1.165, 1.54) is 0 Å². The molecule has 1 unspecified atom stereocenters. The summed E-state index contributed by atoms with van der Waals surface area (Å²) in [5, 5.41) is 6.12. The summed E-state index contributed by atoms with van der Waals surface area (Å²) in [5.41, 5.74) is 3.16. The lowest BCUT2D eigenvalue weighted by Crippen LogP contribution is -2.35. The Kier molecular flexibility index (Phi) is 7.60. The largest absolute Gasteiger partial charge is 0.371 e. The number of anilines is 2. The number of amides is 2. The number of hydrogen-bond donors (Lipinski definition) is 2. The zero-order valence-corrected chi connectivity index (χ0v) is 20.1. The maximum atomic E-state index is 13.4. The molecule has 1 atom stereocenters. The fourth-order valence-electron chi connectivity index (χ4n) is 4.11. The van der Waals surface area contributed by atoms with Gasteiger partial charge in [0.05, 0.1) is 11.6 Å². The van der Waals surface area contributed by atoms with Gasteiger partial charge < -0.3 is 15.5 Å². The quantitative estimate of drug-likeness (QED) is 0.604. The number of nitrogens with one attached hydrogen (secondary N) is 2. The van der Waals surface area contributed by atoms with E-state index in [1.54, 1.807) is 0 Å². The molecule has 0 spiro atoms. The number of nitrogens with zero attached hydrogens (tertiary/aromatic N) is 1. The third-order valence-electron chi connectivity index (χ3n) is 5.99. The van der Waals surface area contributed by atoms with Crippen molar-refractivity contribution in [1.82, 2.24) is 5.32 Å². The van der Waals surface area contributed by atoms with Crippen LogP contribution in [0, 0.1) is 11.3 Å². The number of carbonyl (C=O) groups excluding carboxylic acids is 2. The van der Waals surface area contributed by atoms with Gasteiger partial charge in [-0.3, -0.25) is 9.59 Å². The SMILES string of the molecule is CC1CCN(c2ccc(NC(=O)CC(C)(C)C)cc2C(=O)NC(C)c2ccccc2)CC1. The fourth-order valence-corrected chi connectivity index (χ4v) is 4.11. The molecular formula is C27H37N3O2. The average molecular weight is 436 g/mol. The van der Waals surface area contributed by atoms with Crippen LogP contribution in [0.4, 0.5) is 11.4 Å². The predicted molar refractivity (Wildman–Crippen MR) is 132 cm³/mol. The van der Waals surface area contributed by atoms with E-state index in [0.29, 0.717) is 23.6 Å². The molecule has 0 aromatic heterocycles. The van der Waals surface area contributed by atoms with Crippen molar-refractivity contribution in [2.24, 2.45) is 11.3 Å². The van der Waals surface area contributed by atoms with Crippen LogP contribution in [-0.2, 0) is 4.79 Å². The standard InChI is InChI=1S/C27H37N3O2/c1-19-13-15-30(16-14-19)24-12-11-22(29-25(31)18-27(3,4)5)17-23(24)26(32)28-20(2)21-9-7-6-8-10-21/h6-12,17,19-20H,13-16,18H2,1-5H3,(H,28,32)(H,29,31). The Morgan fingerprint density at radius 1 is 1.06 bits per heavy atom. The molecule has 32 heavy (non-hydrogen) atoms. The van der Waals surface area contributed by atoms with Crippen LogP contribution in [0.5, 0.6) is 0 Å². The second-order valence-electron chi connectivity index (χ2n) is 10.3. The molecule has 0 bridgehead atoms. The normalized spacial score (nSPS) is 15.8. The molecule has 0 saturated carbocycles. The Balaban J connectivity index is 1.85. The summed E-state index contributed by atoms with van der Waals surface area (Å²) >= 11 is 0. The lowest BCUT2D eigenvalue weighted by molar-refractivity contribution is -0.117. The predicted octanol–water partition coefficient (Wildman–Crippen LogP) is 5.79. The highest BCUT2D eigenvalue weighted by Crippen LogP contribution is 2.30. The third kappa shape index (κ3) is 6.59. The van der Waals surface area contributed by atoms with Crippen molar-refractivity contribution in [2.45, 2.75) is 59.9 Å². The van der Waals surface area contributed by atoms with Crippen molar-refractivity contribution in [2.75, 3.05) is 23.3 Å². The zero-order chi connectivity index (χ0) is 23.3. The minimum Gasteiger partial charge on any atom is -0.371 e. The van der Waals surface area contributed by atoms with Crippen LogP contribution in [0.3, 0.4) is 0 Å². The van der Waals surface area contributed by atoms with Crippen LogP contribution in [0.2, 0.25) is 0 Å². The summed E-state index contributed by atoms with van der Waals surface area (Å²) < 4.78 is 0. The molecule has 1 aliphatic heterocycles. The van der Waals surface area contributed by atoms with E-state index in [-0.39, 0.29) is 23.3 Å². The lowest BCUT2D eigenvalue weighted by Gasteiger charge is -2.33. The van der Waals surface area contributed by atoms with Gasteiger partial charge in [-0.2, -0.15) is 0 Å². The Labute approximate surface area is 192 Å². The Morgan fingerprint density at radius 2 is 1.72 bits per heavy atom. The number of benzene rings is 2. The molecule has 5 heteroatoms. The second kappa shape index (κ2) is 10.2. The van der Waals surface area contributed by atoms with Gasteiger partial charge in [0.2, 0.25) is 5.91 Å². The Morgan fingerprint density at radius 3 is 2.34 bits per heavy atom. The molecule has 2 aromatic rings. The Bertz CT molecular complexity index is 926. The van der Waals surface area contributed by atoms with E-state index in [0.717, 1.165) is 37.2 Å². The van der Waals surface area contributed by atoms with Crippen LogP contribution < -0.4 is 15.5 Å². The van der Waals surface area contributed by atoms with Gasteiger partial charge in [-0.25, -0.2) is 0 Å². The van der Waals surface area contributed by atoms with Crippen LogP contribution >= 0.6 is 0 Å². The van der Waals surface area contributed by atoms with E-state index < -0.39 is 0 Å². The first-order chi connectivity index (χ1) is 15.1. The van der Waals surface area contributed by atoms with E-state index in [2.05, 4.69) is 22.5 Å². The lowest BCUT2D eigenvalue weighted by atomic mass is 9.92.